The van der Waals surface area contributed by atoms with Gasteiger partial charge in [0.05, 0.1) is 12.2 Å². The Morgan fingerprint density at radius 1 is 1.28 bits per heavy atom. The maximum atomic E-state index is 12.3. The minimum atomic E-state index is -0.970. The molecule has 0 radical (unpaired) electrons. The number of hydrogen-bond acceptors (Lipinski definition) is 3. The molecule has 0 aromatic heterocycles. The van der Waals surface area contributed by atoms with Gasteiger partial charge in [0.1, 0.15) is 5.75 Å². The summed E-state index contributed by atoms with van der Waals surface area (Å²) in [6.45, 7) is 2.93. The standard InChI is InChI=1S/C19H18ClNO4/c1-12-8-15(20)4-7-17(12)21-10-13(9-18(21)22)11-25-16-5-2-14(3-6-16)19(23)24/h2-8,13H,9-11H2,1H3,(H,23,24). The van der Waals surface area contributed by atoms with Crippen molar-refractivity contribution < 1.29 is 19.4 Å². The molecule has 1 saturated heterocycles. The van der Waals surface area contributed by atoms with Crippen LogP contribution < -0.4 is 9.64 Å². The first-order valence-corrected chi connectivity index (χ1v) is 8.34. The first kappa shape index (κ1) is 17.3. The number of aromatic carboxylic acids is 1. The van der Waals surface area contributed by atoms with Gasteiger partial charge < -0.3 is 14.7 Å². The number of halogens is 1. The van der Waals surface area contributed by atoms with E-state index >= 15 is 0 Å². The molecule has 1 heterocycles. The number of carbonyl (C=O) groups excluding carboxylic acids is 1. The second-order valence-electron chi connectivity index (χ2n) is 6.15. The van der Waals surface area contributed by atoms with Crippen molar-refractivity contribution >= 4 is 29.2 Å². The Balaban J connectivity index is 1.62. The highest BCUT2D eigenvalue weighted by atomic mass is 35.5. The molecule has 1 fully saturated rings. The van der Waals surface area contributed by atoms with E-state index in [9.17, 15) is 9.59 Å². The molecule has 25 heavy (non-hydrogen) atoms. The van der Waals surface area contributed by atoms with Gasteiger partial charge in [0, 0.05) is 29.6 Å². The van der Waals surface area contributed by atoms with Gasteiger partial charge in [-0.1, -0.05) is 11.6 Å². The molecular formula is C19H18ClNO4. The first-order chi connectivity index (χ1) is 11.9. The van der Waals surface area contributed by atoms with E-state index in [2.05, 4.69) is 0 Å². The Kier molecular flexibility index (Phi) is 4.95. The van der Waals surface area contributed by atoms with Gasteiger partial charge in [0.15, 0.2) is 0 Å². The maximum absolute atomic E-state index is 12.3. The zero-order valence-corrected chi connectivity index (χ0v) is 14.5. The second kappa shape index (κ2) is 7.15. The van der Waals surface area contributed by atoms with E-state index < -0.39 is 5.97 Å². The van der Waals surface area contributed by atoms with Crippen LogP contribution in [0.5, 0.6) is 5.75 Å². The van der Waals surface area contributed by atoms with Crippen molar-refractivity contribution in [3.8, 4) is 5.75 Å². The molecule has 6 heteroatoms. The van der Waals surface area contributed by atoms with E-state index in [1.54, 1.807) is 23.1 Å². The third-order valence-electron chi connectivity index (χ3n) is 4.24. The molecule has 2 aromatic rings. The quantitative estimate of drug-likeness (QED) is 0.882. The van der Waals surface area contributed by atoms with Gasteiger partial charge in [-0.2, -0.15) is 0 Å². The van der Waals surface area contributed by atoms with Crippen molar-refractivity contribution in [2.45, 2.75) is 13.3 Å². The molecule has 5 nitrogen and oxygen atoms in total. The number of ether oxygens (including phenoxy) is 1. The van der Waals surface area contributed by atoms with Crippen molar-refractivity contribution in [2.75, 3.05) is 18.1 Å². The Morgan fingerprint density at radius 2 is 2.00 bits per heavy atom. The fourth-order valence-corrected chi connectivity index (χ4v) is 3.18. The molecule has 2 aromatic carbocycles. The van der Waals surface area contributed by atoms with Crippen molar-refractivity contribution in [1.29, 1.82) is 0 Å². The average molecular weight is 360 g/mol. The van der Waals surface area contributed by atoms with Gasteiger partial charge in [0.25, 0.3) is 0 Å². The lowest BCUT2D eigenvalue weighted by Gasteiger charge is -2.19. The molecule has 3 rings (SSSR count). The Hall–Kier alpha value is -2.53. The van der Waals surface area contributed by atoms with Crippen molar-refractivity contribution in [2.24, 2.45) is 5.92 Å². The predicted octanol–water partition coefficient (Wildman–Crippen LogP) is 3.78. The van der Waals surface area contributed by atoms with Crippen molar-refractivity contribution in [3.63, 3.8) is 0 Å². The van der Waals surface area contributed by atoms with Crippen LogP contribution >= 0.6 is 11.6 Å². The van der Waals surface area contributed by atoms with Crippen LogP contribution in [0.1, 0.15) is 22.3 Å². The summed E-state index contributed by atoms with van der Waals surface area (Å²) in [6.07, 6.45) is 0.426. The van der Waals surface area contributed by atoms with Gasteiger partial charge in [-0.05, 0) is 55.0 Å². The van der Waals surface area contributed by atoms with Crippen LogP contribution in [-0.2, 0) is 4.79 Å². The molecule has 1 aliphatic rings. The summed E-state index contributed by atoms with van der Waals surface area (Å²) in [4.78, 5) is 24.9. The van der Waals surface area contributed by atoms with Gasteiger partial charge in [-0.15, -0.1) is 0 Å². The number of carboxylic acids is 1. The van der Waals surface area contributed by atoms with Gasteiger partial charge >= 0.3 is 5.97 Å². The minimum Gasteiger partial charge on any atom is -0.493 e. The summed E-state index contributed by atoms with van der Waals surface area (Å²) in [5.41, 5.74) is 2.06. The number of anilines is 1. The third kappa shape index (κ3) is 3.94. The number of carbonyl (C=O) groups is 2. The molecule has 1 unspecified atom stereocenters. The normalized spacial score (nSPS) is 17.0. The largest absolute Gasteiger partial charge is 0.493 e. The predicted molar refractivity (Wildman–Crippen MR) is 95.5 cm³/mol. The summed E-state index contributed by atoms with van der Waals surface area (Å²) in [5, 5.41) is 9.54. The van der Waals surface area contributed by atoms with Crippen molar-refractivity contribution in [3.05, 3.63) is 58.6 Å². The van der Waals surface area contributed by atoms with Gasteiger partial charge in [-0.25, -0.2) is 4.79 Å². The zero-order valence-electron chi connectivity index (χ0n) is 13.7. The average Bonchev–Trinajstić information content (AvgIpc) is 2.94. The number of carboxylic acid groups (broad SMARTS) is 1. The molecule has 1 N–H and O–H groups in total. The summed E-state index contributed by atoms with van der Waals surface area (Å²) in [7, 11) is 0. The molecule has 1 atom stereocenters. The molecule has 0 aliphatic carbocycles. The highest BCUT2D eigenvalue weighted by molar-refractivity contribution is 6.30. The van der Waals surface area contributed by atoms with E-state index in [-0.39, 0.29) is 17.4 Å². The fraction of sp³-hybridized carbons (Fsp3) is 0.263. The SMILES string of the molecule is Cc1cc(Cl)ccc1N1CC(COc2ccc(C(=O)O)cc2)CC1=O. The molecule has 130 valence electrons. The summed E-state index contributed by atoms with van der Waals surface area (Å²) in [5.74, 6) is -0.220. The molecular weight excluding hydrogens is 342 g/mol. The number of hydrogen-bond donors (Lipinski definition) is 1. The Bertz CT molecular complexity index is 804. The van der Waals surface area contributed by atoms with E-state index in [1.807, 2.05) is 19.1 Å². The van der Waals surface area contributed by atoms with Crippen LogP contribution in [0.3, 0.4) is 0 Å². The van der Waals surface area contributed by atoms with Crippen LogP contribution in [0, 0.1) is 12.8 Å². The Morgan fingerprint density at radius 3 is 2.64 bits per heavy atom. The minimum absolute atomic E-state index is 0.0697. The van der Waals surface area contributed by atoms with E-state index in [4.69, 9.17) is 21.4 Å². The number of aryl methyl sites for hydroxylation is 1. The summed E-state index contributed by atoms with van der Waals surface area (Å²) in [6, 6.07) is 11.7. The highest BCUT2D eigenvalue weighted by Gasteiger charge is 2.31. The van der Waals surface area contributed by atoms with Crippen LogP contribution in [0.2, 0.25) is 5.02 Å². The molecule has 0 spiro atoms. The highest BCUT2D eigenvalue weighted by Crippen LogP contribution is 2.30. The number of nitrogens with zero attached hydrogens (tertiary/aromatic N) is 1. The van der Waals surface area contributed by atoms with Gasteiger partial charge in [0.2, 0.25) is 5.91 Å². The number of benzene rings is 2. The van der Waals surface area contributed by atoms with E-state index in [1.165, 1.54) is 12.1 Å². The van der Waals surface area contributed by atoms with Gasteiger partial charge in [-0.3, -0.25) is 4.79 Å². The zero-order chi connectivity index (χ0) is 18.0. The van der Waals surface area contributed by atoms with Crippen molar-refractivity contribution in [1.82, 2.24) is 0 Å². The second-order valence-corrected chi connectivity index (χ2v) is 6.58. The maximum Gasteiger partial charge on any atom is 0.335 e. The van der Waals surface area contributed by atoms with Crippen LogP contribution in [0.4, 0.5) is 5.69 Å². The molecule has 1 aliphatic heterocycles. The molecule has 1 amide bonds. The lowest BCUT2D eigenvalue weighted by Crippen LogP contribution is -2.26. The summed E-state index contributed by atoms with van der Waals surface area (Å²) < 4.78 is 5.71. The van der Waals surface area contributed by atoms with E-state index in [0.717, 1.165) is 11.3 Å². The van der Waals surface area contributed by atoms with E-state index in [0.29, 0.717) is 30.3 Å². The fourth-order valence-electron chi connectivity index (χ4n) is 2.96. The van der Waals surface area contributed by atoms with Crippen LogP contribution in [-0.4, -0.2) is 30.1 Å². The van der Waals surface area contributed by atoms with Crippen LogP contribution in [0.15, 0.2) is 42.5 Å². The topological polar surface area (TPSA) is 66.8 Å². The first-order valence-electron chi connectivity index (χ1n) is 7.96. The lowest BCUT2D eigenvalue weighted by atomic mass is 10.1. The number of rotatable bonds is 5. The number of amides is 1. The third-order valence-corrected chi connectivity index (χ3v) is 4.48. The lowest BCUT2D eigenvalue weighted by molar-refractivity contribution is -0.117. The Labute approximate surface area is 150 Å². The summed E-state index contributed by atoms with van der Waals surface area (Å²) >= 11 is 5.98. The van der Waals surface area contributed by atoms with Crippen LogP contribution in [0.25, 0.3) is 0 Å². The molecule has 0 saturated carbocycles. The monoisotopic (exact) mass is 359 g/mol. The molecule has 0 bridgehead atoms. The smallest absolute Gasteiger partial charge is 0.335 e.